The van der Waals surface area contributed by atoms with Crippen molar-refractivity contribution in [2.24, 2.45) is 0 Å². The van der Waals surface area contributed by atoms with Gasteiger partial charge < -0.3 is 9.84 Å². The van der Waals surface area contributed by atoms with Crippen LogP contribution in [-0.4, -0.2) is 22.6 Å². The minimum absolute atomic E-state index is 0.0229. The maximum Gasteiger partial charge on any atom is 0.273 e. The Balaban J connectivity index is 2.16. The Bertz CT molecular complexity index is 1140. The van der Waals surface area contributed by atoms with E-state index in [1.807, 2.05) is 25.1 Å². The molecule has 0 radical (unpaired) electrons. The molecule has 0 aliphatic rings. The van der Waals surface area contributed by atoms with Crippen LogP contribution in [0.1, 0.15) is 34.0 Å². The van der Waals surface area contributed by atoms with Crippen LogP contribution in [0.15, 0.2) is 59.5 Å². The van der Waals surface area contributed by atoms with Crippen LogP contribution in [0.25, 0.3) is 5.69 Å². The molecule has 0 spiro atoms. The number of ether oxygens (including phenoxy) is 1. The number of ketones is 1. The minimum Gasteiger partial charge on any atom is -0.507 e. The predicted molar refractivity (Wildman–Crippen MR) is 104 cm³/mol. The molecule has 0 amide bonds. The lowest BCUT2D eigenvalue weighted by atomic mass is 10.0. The zero-order chi connectivity index (χ0) is 20.3. The first kappa shape index (κ1) is 18.9. The summed E-state index contributed by atoms with van der Waals surface area (Å²) in [6.45, 7) is 2.02. The van der Waals surface area contributed by atoms with Gasteiger partial charge in [0.25, 0.3) is 5.56 Å². The second-order valence-corrected chi connectivity index (χ2v) is 6.16. The van der Waals surface area contributed by atoms with Gasteiger partial charge in [-0.25, -0.2) is 0 Å². The van der Waals surface area contributed by atoms with E-state index in [2.05, 4.69) is 0 Å². The Morgan fingerprint density at radius 3 is 2.50 bits per heavy atom. The molecule has 3 aromatic rings. The smallest absolute Gasteiger partial charge is 0.273 e. The van der Waals surface area contributed by atoms with E-state index in [0.29, 0.717) is 11.4 Å². The van der Waals surface area contributed by atoms with Crippen LogP contribution in [0.4, 0.5) is 0 Å². The summed E-state index contributed by atoms with van der Waals surface area (Å²) < 4.78 is 6.37. The van der Waals surface area contributed by atoms with Gasteiger partial charge in [-0.3, -0.25) is 14.2 Å². The Kier molecular flexibility index (Phi) is 5.28. The molecule has 0 fully saturated rings. The molecule has 0 aliphatic carbocycles. The number of aromatic nitrogens is 1. The molecule has 140 valence electrons. The minimum atomic E-state index is -0.521. The van der Waals surface area contributed by atoms with Gasteiger partial charge in [0.2, 0.25) is 0 Å². The van der Waals surface area contributed by atoms with Crippen LogP contribution in [0.3, 0.4) is 0 Å². The highest BCUT2D eigenvalue weighted by Crippen LogP contribution is 2.25. The molecule has 1 aromatic heterocycles. The van der Waals surface area contributed by atoms with Crippen LogP contribution in [0.2, 0.25) is 0 Å². The molecule has 0 bridgehead atoms. The van der Waals surface area contributed by atoms with Crippen molar-refractivity contribution in [1.82, 2.24) is 4.57 Å². The number of benzene rings is 2. The molecular weight excluding hydrogens is 356 g/mol. The van der Waals surface area contributed by atoms with Crippen molar-refractivity contribution in [1.29, 1.82) is 5.26 Å². The van der Waals surface area contributed by atoms with Gasteiger partial charge in [0.05, 0.1) is 12.7 Å². The lowest BCUT2D eigenvalue weighted by Crippen LogP contribution is -2.22. The average Bonchev–Trinajstić information content (AvgIpc) is 2.74. The van der Waals surface area contributed by atoms with Crippen molar-refractivity contribution in [2.75, 3.05) is 7.11 Å². The lowest BCUT2D eigenvalue weighted by molar-refractivity contribution is 0.103. The fraction of sp³-hybridized carbons (Fsp3) is 0.136. The summed E-state index contributed by atoms with van der Waals surface area (Å²) >= 11 is 0. The highest BCUT2D eigenvalue weighted by atomic mass is 16.5. The molecular formula is C22H18N2O4. The number of phenols is 1. The van der Waals surface area contributed by atoms with Gasteiger partial charge in [0.15, 0.2) is 5.78 Å². The van der Waals surface area contributed by atoms with E-state index in [4.69, 9.17) is 4.74 Å². The van der Waals surface area contributed by atoms with Gasteiger partial charge in [-0.05, 0) is 48.4 Å². The molecule has 0 saturated carbocycles. The first-order valence-corrected chi connectivity index (χ1v) is 8.66. The monoisotopic (exact) mass is 374 g/mol. The molecule has 3 rings (SSSR count). The third-order valence-corrected chi connectivity index (χ3v) is 4.47. The molecule has 1 N–H and O–H groups in total. The second kappa shape index (κ2) is 7.80. The van der Waals surface area contributed by atoms with Crippen LogP contribution < -0.4 is 10.3 Å². The summed E-state index contributed by atoms with van der Waals surface area (Å²) in [6.07, 6.45) is 2.23. The number of aryl methyl sites for hydroxylation is 1. The Morgan fingerprint density at radius 2 is 1.89 bits per heavy atom. The second-order valence-electron chi connectivity index (χ2n) is 6.16. The molecule has 0 aliphatic heterocycles. The van der Waals surface area contributed by atoms with Gasteiger partial charge in [-0.1, -0.05) is 19.1 Å². The summed E-state index contributed by atoms with van der Waals surface area (Å²) in [6, 6.07) is 14.7. The number of carbonyl (C=O) groups is 1. The van der Waals surface area contributed by atoms with E-state index in [-0.39, 0.29) is 22.4 Å². The third-order valence-electron chi connectivity index (χ3n) is 4.47. The van der Waals surface area contributed by atoms with Crippen LogP contribution in [0.5, 0.6) is 11.5 Å². The number of pyridine rings is 1. The highest BCUT2D eigenvalue weighted by molar-refractivity contribution is 6.10. The number of hydrogen-bond donors (Lipinski definition) is 1. The quantitative estimate of drug-likeness (QED) is 0.692. The third kappa shape index (κ3) is 3.51. The van der Waals surface area contributed by atoms with Crippen LogP contribution in [-0.2, 0) is 6.42 Å². The maximum atomic E-state index is 13.0. The zero-order valence-electron chi connectivity index (χ0n) is 15.5. The Morgan fingerprint density at radius 1 is 1.18 bits per heavy atom. The largest absolute Gasteiger partial charge is 0.507 e. The predicted octanol–water partition coefficient (Wildman–Crippen LogP) is 3.22. The fourth-order valence-electron chi connectivity index (χ4n) is 2.85. The van der Waals surface area contributed by atoms with Gasteiger partial charge in [0, 0.05) is 17.4 Å². The van der Waals surface area contributed by atoms with Crippen LogP contribution in [0, 0.1) is 11.3 Å². The maximum absolute atomic E-state index is 13.0. The Labute approximate surface area is 161 Å². The number of aromatic hydroxyl groups is 1. The van der Waals surface area contributed by atoms with Gasteiger partial charge in [0.1, 0.15) is 23.1 Å². The van der Waals surface area contributed by atoms with Gasteiger partial charge in [-0.2, -0.15) is 5.26 Å². The molecule has 6 heteroatoms. The number of rotatable bonds is 5. The zero-order valence-corrected chi connectivity index (χ0v) is 15.5. The average molecular weight is 374 g/mol. The topological polar surface area (TPSA) is 92.3 Å². The van der Waals surface area contributed by atoms with Crippen molar-refractivity contribution in [3.05, 3.63) is 87.3 Å². The van der Waals surface area contributed by atoms with Crippen molar-refractivity contribution < 1.29 is 14.6 Å². The molecule has 1 heterocycles. The molecule has 0 saturated heterocycles. The van der Waals surface area contributed by atoms with E-state index in [9.17, 15) is 20.0 Å². The van der Waals surface area contributed by atoms with Gasteiger partial charge in [-0.15, -0.1) is 0 Å². The standard InChI is InChI=1S/C22H18N2O4/c1-3-14-4-6-17(7-5-14)24-13-16(10-15(12-23)22(24)27)21(26)19-11-18(28-2)8-9-20(19)25/h4-11,13,25H,3H2,1-2H3. The van der Waals surface area contributed by atoms with E-state index in [1.165, 1.54) is 42.1 Å². The summed E-state index contributed by atoms with van der Waals surface area (Å²) in [7, 11) is 1.45. The molecule has 2 aromatic carbocycles. The van der Waals surface area contributed by atoms with Gasteiger partial charge >= 0.3 is 0 Å². The SMILES string of the molecule is CCc1ccc(-n2cc(C(=O)c3cc(OC)ccc3O)cc(C#N)c2=O)cc1. The van der Waals surface area contributed by atoms with Crippen molar-refractivity contribution in [2.45, 2.75) is 13.3 Å². The Hall–Kier alpha value is -3.85. The van der Waals surface area contributed by atoms with Crippen molar-refractivity contribution >= 4 is 5.78 Å². The van der Waals surface area contributed by atoms with Crippen molar-refractivity contribution in [3.63, 3.8) is 0 Å². The fourth-order valence-corrected chi connectivity index (χ4v) is 2.85. The molecule has 0 unspecified atom stereocenters. The normalized spacial score (nSPS) is 10.3. The van der Waals surface area contributed by atoms with E-state index < -0.39 is 11.3 Å². The van der Waals surface area contributed by atoms with Crippen molar-refractivity contribution in [3.8, 4) is 23.3 Å². The molecule has 6 nitrogen and oxygen atoms in total. The lowest BCUT2D eigenvalue weighted by Gasteiger charge is -2.11. The number of hydrogen-bond acceptors (Lipinski definition) is 5. The van der Waals surface area contributed by atoms with E-state index in [0.717, 1.165) is 12.0 Å². The molecule has 0 atom stereocenters. The summed E-state index contributed by atoms with van der Waals surface area (Å²) in [5.74, 6) is -0.327. The number of carbonyl (C=O) groups excluding carboxylic acids is 1. The summed E-state index contributed by atoms with van der Waals surface area (Å²) in [5.41, 5.74) is 1.11. The number of nitriles is 1. The van der Waals surface area contributed by atoms with Crippen LogP contribution >= 0.6 is 0 Å². The number of nitrogens with zero attached hydrogens (tertiary/aromatic N) is 2. The number of phenolic OH excluding ortho intramolecular Hbond substituents is 1. The first-order chi connectivity index (χ1) is 13.5. The molecule has 28 heavy (non-hydrogen) atoms. The summed E-state index contributed by atoms with van der Waals surface area (Å²) in [5, 5.41) is 19.4. The first-order valence-electron chi connectivity index (χ1n) is 8.66. The number of methoxy groups -OCH3 is 1. The van der Waals surface area contributed by atoms with E-state index >= 15 is 0 Å². The summed E-state index contributed by atoms with van der Waals surface area (Å²) in [4.78, 5) is 25.6. The highest BCUT2D eigenvalue weighted by Gasteiger charge is 2.18. The van der Waals surface area contributed by atoms with E-state index in [1.54, 1.807) is 12.1 Å².